The first-order valence-electron chi connectivity index (χ1n) is 7.53. The monoisotopic (exact) mass is 343 g/mol. The predicted molar refractivity (Wildman–Crippen MR) is 90.4 cm³/mol. The Morgan fingerprint density at radius 2 is 1.60 bits per heavy atom. The van der Waals surface area contributed by atoms with Crippen molar-refractivity contribution < 1.29 is 19.2 Å². The summed E-state index contributed by atoms with van der Waals surface area (Å²) in [5.41, 5.74) is 0.501. The number of nitro groups is 1. The van der Waals surface area contributed by atoms with Gasteiger partial charge in [0.1, 0.15) is 5.75 Å². The van der Waals surface area contributed by atoms with Gasteiger partial charge in [-0.05, 0) is 24.3 Å². The number of amides is 2. The van der Waals surface area contributed by atoms with E-state index in [-0.39, 0.29) is 37.2 Å². The quantitative estimate of drug-likeness (QED) is 0.429. The maximum absolute atomic E-state index is 11.8. The summed E-state index contributed by atoms with van der Waals surface area (Å²) in [6, 6.07) is 14.2. The zero-order chi connectivity index (χ0) is 18.1. The molecule has 0 saturated carbocycles. The summed E-state index contributed by atoms with van der Waals surface area (Å²) in [6.45, 7) is 0.336. The fraction of sp³-hybridized carbons (Fsp3) is 0.176. The summed E-state index contributed by atoms with van der Waals surface area (Å²) >= 11 is 0. The normalized spacial score (nSPS) is 9.92. The van der Waals surface area contributed by atoms with Crippen molar-refractivity contribution in [1.29, 1.82) is 0 Å². The lowest BCUT2D eigenvalue weighted by Gasteiger charge is -2.08. The fourth-order valence-electron chi connectivity index (χ4n) is 1.93. The average molecular weight is 343 g/mol. The summed E-state index contributed by atoms with van der Waals surface area (Å²) in [6.07, 6.45) is 0. The van der Waals surface area contributed by atoms with Crippen LogP contribution in [0.3, 0.4) is 0 Å². The average Bonchev–Trinajstić information content (AvgIpc) is 2.64. The van der Waals surface area contributed by atoms with Crippen LogP contribution in [0, 0.1) is 10.1 Å². The van der Waals surface area contributed by atoms with E-state index < -0.39 is 4.92 Å². The minimum absolute atomic E-state index is 0.0500. The molecule has 2 N–H and O–H groups in total. The number of carbonyl (C=O) groups excluding carboxylic acids is 2. The Balaban J connectivity index is 1.64. The Labute approximate surface area is 144 Å². The second kappa shape index (κ2) is 9.02. The molecule has 0 aromatic heterocycles. The van der Waals surface area contributed by atoms with Crippen molar-refractivity contribution in [1.82, 2.24) is 10.6 Å². The molecular weight excluding hydrogens is 326 g/mol. The van der Waals surface area contributed by atoms with E-state index in [1.807, 2.05) is 6.07 Å². The summed E-state index contributed by atoms with van der Waals surface area (Å²) in [4.78, 5) is 33.4. The molecule has 25 heavy (non-hydrogen) atoms. The molecule has 2 rings (SSSR count). The van der Waals surface area contributed by atoms with Crippen LogP contribution in [0.1, 0.15) is 10.4 Å². The van der Waals surface area contributed by atoms with Gasteiger partial charge in [0.05, 0.1) is 4.92 Å². The molecule has 0 heterocycles. The van der Waals surface area contributed by atoms with Gasteiger partial charge >= 0.3 is 0 Å². The van der Waals surface area contributed by atoms with Gasteiger partial charge < -0.3 is 15.4 Å². The number of hydrogen-bond donors (Lipinski definition) is 2. The molecule has 0 fully saturated rings. The van der Waals surface area contributed by atoms with Gasteiger partial charge in [-0.1, -0.05) is 18.2 Å². The van der Waals surface area contributed by atoms with Gasteiger partial charge in [0.15, 0.2) is 6.61 Å². The Bertz CT molecular complexity index is 732. The van der Waals surface area contributed by atoms with Crippen LogP contribution in [0.15, 0.2) is 54.6 Å². The molecule has 0 aliphatic rings. The van der Waals surface area contributed by atoms with Gasteiger partial charge in [-0.15, -0.1) is 0 Å². The van der Waals surface area contributed by atoms with E-state index in [1.165, 1.54) is 24.3 Å². The topological polar surface area (TPSA) is 111 Å². The van der Waals surface area contributed by atoms with Crippen LogP contribution in [-0.4, -0.2) is 36.4 Å². The highest BCUT2D eigenvalue weighted by atomic mass is 16.6. The summed E-state index contributed by atoms with van der Waals surface area (Å²) in [7, 11) is 0. The molecule has 0 bridgehead atoms. The maximum Gasteiger partial charge on any atom is 0.269 e. The van der Waals surface area contributed by atoms with E-state index in [9.17, 15) is 19.7 Å². The number of benzene rings is 2. The standard InChI is InChI=1S/C17H17N3O5/c21-16(12-25-15-8-6-14(7-9-15)20(23)24)18-10-11-19-17(22)13-4-2-1-3-5-13/h1-9H,10-12H2,(H,18,21)(H,19,22). The first kappa shape index (κ1) is 17.9. The molecule has 0 atom stereocenters. The second-order valence-corrected chi connectivity index (χ2v) is 5.01. The molecule has 0 aliphatic heterocycles. The third kappa shape index (κ3) is 5.94. The molecule has 8 heteroatoms. The van der Waals surface area contributed by atoms with Gasteiger partial charge in [0.25, 0.3) is 17.5 Å². The minimum atomic E-state index is -0.514. The largest absolute Gasteiger partial charge is 0.484 e. The zero-order valence-electron chi connectivity index (χ0n) is 13.3. The first-order chi connectivity index (χ1) is 12.1. The highest BCUT2D eigenvalue weighted by Gasteiger charge is 2.07. The molecule has 0 spiro atoms. The molecule has 0 radical (unpaired) electrons. The summed E-state index contributed by atoms with van der Waals surface area (Å²) < 4.78 is 5.23. The van der Waals surface area contributed by atoms with Crippen LogP contribution in [0.5, 0.6) is 5.75 Å². The summed E-state index contributed by atoms with van der Waals surface area (Å²) in [5, 5.41) is 15.8. The van der Waals surface area contributed by atoms with Gasteiger partial charge in [0, 0.05) is 30.8 Å². The van der Waals surface area contributed by atoms with Crippen LogP contribution in [0.25, 0.3) is 0 Å². The first-order valence-corrected chi connectivity index (χ1v) is 7.53. The van der Waals surface area contributed by atoms with E-state index in [0.29, 0.717) is 11.3 Å². The molecule has 8 nitrogen and oxygen atoms in total. The predicted octanol–water partition coefficient (Wildman–Crippen LogP) is 1.52. The number of nitrogens with one attached hydrogen (secondary N) is 2. The van der Waals surface area contributed by atoms with Crippen molar-refractivity contribution in [3.05, 3.63) is 70.3 Å². The number of hydrogen-bond acceptors (Lipinski definition) is 5. The van der Waals surface area contributed by atoms with Gasteiger partial charge in [0.2, 0.25) is 0 Å². The molecule has 0 aliphatic carbocycles. The number of ether oxygens (including phenoxy) is 1. The van der Waals surface area contributed by atoms with Gasteiger partial charge in [-0.25, -0.2) is 0 Å². The number of non-ortho nitro benzene ring substituents is 1. The van der Waals surface area contributed by atoms with Crippen LogP contribution >= 0.6 is 0 Å². The van der Waals surface area contributed by atoms with Crippen LogP contribution in [-0.2, 0) is 4.79 Å². The number of nitrogens with zero attached hydrogens (tertiary/aromatic N) is 1. The third-order valence-corrected chi connectivity index (χ3v) is 3.19. The molecule has 0 saturated heterocycles. The van der Waals surface area contributed by atoms with Crippen molar-refractivity contribution in [2.75, 3.05) is 19.7 Å². The van der Waals surface area contributed by atoms with Crippen molar-refractivity contribution in [2.24, 2.45) is 0 Å². The van der Waals surface area contributed by atoms with Crippen LogP contribution in [0.2, 0.25) is 0 Å². The third-order valence-electron chi connectivity index (χ3n) is 3.19. The van der Waals surface area contributed by atoms with E-state index >= 15 is 0 Å². The molecular formula is C17H17N3O5. The Kier molecular flexibility index (Phi) is 6.47. The van der Waals surface area contributed by atoms with E-state index in [2.05, 4.69) is 10.6 Å². The summed E-state index contributed by atoms with van der Waals surface area (Å²) in [5.74, 6) is -0.206. The van der Waals surface area contributed by atoms with E-state index in [1.54, 1.807) is 24.3 Å². The zero-order valence-corrected chi connectivity index (χ0v) is 13.3. The van der Waals surface area contributed by atoms with Gasteiger partial charge in [-0.2, -0.15) is 0 Å². The lowest BCUT2D eigenvalue weighted by Crippen LogP contribution is -2.36. The highest BCUT2D eigenvalue weighted by Crippen LogP contribution is 2.16. The molecule has 2 aromatic rings. The maximum atomic E-state index is 11.8. The second-order valence-electron chi connectivity index (χ2n) is 5.01. The minimum Gasteiger partial charge on any atom is -0.484 e. The molecule has 130 valence electrons. The Hall–Kier alpha value is -3.42. The van der Waals surface area contributed by atoms with Crippen molar-refractivity contribution in [3.63, 3.8) is 0 Å². The highest BCUT2D eigenvalue weighted by molar-refractivity contribution is 5.94. The van der Waals surface area contributed by atoms with Crippen molar-refractivity contribution >= 4 is 17.5 Å². The lowest BCUT2D eigenvalue weighted by atomic mass is 10.2. The lowest BCUT2D eigenvalue weighted by molar-refractivity contribution is -0.384. The van der Waals surface area contributed by atoms with Crippen molar-refractivity contribution in [3.8, 4) is 5.75 Å². The number of rotatable bonds is 8. The Morgan fingerprint density at radius 1 is 0.960 bits per heavy atom. The molecule has 2 amide bonds. The molecule has 2 aromatic carbocycles. The SMILES string of the molecule is O=C(COc1ccc([N+](=O)[O-])cc1)NCCNC(=O)c1ccccc1. The fourth-order valence-corrected chi connectivity index (χ4v) is 1.93. The Morgan fingerprint density at radius 3 is 2.24 bits per heavy atom. The number of carbonyl (C=O) groups is 2. The van der Waals surface area contributed by atoms with Gasteiger partial charge in [-0.3, -0.25) is 19.7 Å². The van der Waals surface area contributed by atoms with Crippen LogP contribution in [0.4, 0.5) is 5.69 Å². The van der Waals surface area contributed by atoms with E-state index in [0.717, 1.165) is 0 Å². The van der Waals surface area contributed by atoms with E-state index in [4.69, 9.17) is 4.74 Å². The number of nitro benzene ring substituents is 1. The smallest absolute Gasteiger partial charge is 0.269 e. The van der Waals surface area contributed by atoms with Crippen molar-refractivity contribution in [2.45, 2.75) is 0 Å². The van der Waals surface area contributed by atoms with Crippen LogP contribution < -0.4 is 15.4 Å². The molecule has 0 unspecified atom stereocenters.